The van der Waals surface area contributed by atoms with E-state index in [0.717, 1.165) is 49.2 Å². The molecule has 4 N–H and O–H groups in total. The lowest BCUT2D eigenvalue weighted by molar-refractivity contribution is -0.118. The van der Waals surface area contributed by atoms with Crippen molar-refractivity contribution >= 4 is 29.4 Å². The van der Waals surface area contributed by atoms with Gasteiger partial charge in [0.15, 0.2) is 0 Å². The zero-order valence-corrected chi connectivity index (χ0v) is 21.6. The number of aryl methyl sites for hydroxylation is 1. The van der Waals surface area contributed by atoms with Crippen LogP contribution in [0.1, 0.15) is 37.7 Å². The second-order valence-electron chi connectivity index (χ2n) is 10.2. The van der Waals surface area contributed by atoms with E-state index in [9.17, 15) is 14.7 Å². The summed E-state index contributed by atoms with van der Waals surface area (Å²) >= 11 is 1.49. The van der Waals surface area contributed by atoms with Crippen LogP contribution in [0.2, 0.25) is 0 Å². The number of rotatable bonds is 5. The quantitative estimate of drug-likeness (QED) is 0.475. The molecule has 3 amide bonds. The number of para-hydroxylation sites is 1. The van der Waals surface area contributed by atoms with Gasteiger partial charge in [-0.15, -0.1) is 0 Å². The molecule has 3 aliphatic heterocycles. The average Bonchev–Trinajstić information content (AvgIpc) is 3.26. The van der Waals surface area contributed by atoms with Crippen molar-refractivity contribution in [2.75, 3.05) is 11.4 Å². The lowest BCUT2D eigenvalue weighted by atomic mass is 9.86. The van der Waals surface area contributed by atoms with Gasteiger partial charge in [-0.05, 0) is 68.6 Å². The first-order valence-electron chi connectivity index (χ1n) is 13.1. The van der Waals surface area contributed by atoms with Crippen LogP contribution in [0.3, 0.4) is 0 Å². The molecule has 0 aromatic heterocycles. The van der Waals surface area contributed by atoms with Gasteiger partial charge in [-0.2, -0.15) is 0 Å². The van der Waals surface area contributed by atoms with Crippen LogP contribution in [0.5, 0.6) is 11.5 Å². The van der Waals surface area contributed by atoms with E-state index in [4.69, 9.17) is 4.74 Å². The van der Waals surface area contributed by atoms with Crippen molar-refractivity contribution in [3.8, 4) is 11.5 Å². The van der Waals surface area contributed by atoms with E-state index in [0.29, 0.717) is 22.8 Å². The standard InChI is InChI=1S/C28H32N4O4S/c1-16-15-18(36-17-7-3-2-4-8-17)11-12-20(16)32-21-13-14-29-27-23(21)24(31-28(32)35)25(37-27)26(34)30-19-9-5-6-10-22(19)33/h2-4,7-8,11-12,15,19,21-23,27,29,33H,5-6,9-10,13-14H2,1H3,(H,30,34)(H,31,35)/t19-,21?,22+,23?,27?/m1/s1. The van der Waals surface area contributed by atoms with Crippen LogP contribution in [0.25, 0.3) is 0 Å². The van der Waals surface area contributed by atoms with Crippen molar-refractivity contribution in [1.82, 2.24) is 16.0 Å². The molecule has 8 nitrogen and oxygen atoms in total. The number of urea groups is 1. The summed E-state index contributed by atoms with van der Waals surface area (Å²) in [4.78, 5) is 29.2. The molecule has 3 fully saturated rings. The summed E-state index contributed by atoms with van der Waals surface area (Å²) in [5, 5.41) is 20.0. The maximum atomic E-state index is 13.5. The molecule has 1 aliphatic carbocycles. The highest BCUT2D eigenvalue weighted by atomic mass is 32.2. The number of nitrogens with one attached hydrogen (secondary N) is 3. The van der Waals surface area contributed by atoms with Crippen LogP contribution in [-0.2, 0) is 4.79 Å². The van der Waals surface area contributed by atoms with Crippen molar-refractivity contribution in [3.63, 3.8) is 0 Å². The fourth-order valence-corrected chi connectivity index (χ4v) is 7.40. The zero-order valence-electron chi connectivity index (χ0n) is 20.8. The zero-order chi connectivity index (χ0) is 25.5. The summed E-state index contributed by atoms with van der Waals surface area (Å²) < 4.78 is 5.99. The van der Waals surface area contributed by atoms with Crippen LogP contribution in [-0.4, -0.2) is 47.2 Å². The molecule has 2 saturated heterocycles. The maximum absolute atomic E-state index is 13.5. The van der Waals surface area contributed by atoms with Crippen molar-refractivity contribution in [2.45, 2.75) is 62.6 Å². The van der Waals surface area contributed by atoms with Crippen LogP contribution < -0.4 is 25.6 Å². The molecule has 3 heterocycles. The summed E-state index contributed by atoms with van der Waals surface area (Å²) in [5.74, 6) is 1.26. The number of piperidine rings is 1. The molecule has 4 aliphatic rings. The molecule has 0 radical (unpaired) electrons. The molecule has 194 valence electrons. The molecular formula is C28H32N4O4S. The molecule has 2 aromatic rings. The Bertz CT molecular complexity index is 1240. The van der Waals surface area contributed by atoms with Gasteiger partial charge in [0.2, 0.25) is 0 Å². The third-order valence-corrected chi connectivity index (χ3v) is 9.15. The van der Waals surface area contributed by atoms with Gasteiger partial charge < -0.3 is 25.8 Å². The summed E-state index contributed by atoms with van der Waals surface area (Å²) in [6, 6.07) is 14.9. The number of ether oxygens (including phenoxy) is 1. The third kappa shape index (κ3) is 4.60. The molecule has 0 spiro atoms. The first-order valence-corrected chi connectivity index (χ1v) is 13.9. The number of amides is 3. The van der Waals surface area contributed by atoms with E-state index < -0.39 is 6.10 Å². The smallest absolute Gasteiger partial charge is 0.326 e. The fraction of sp³-hybridized carbons (Fsp3) is 0.429. The van der Waals surface area contributed by atoms with Gasteiger partial charge in [0.25, 0.3) is 5.91 Å². The van der Waals surface area contributed by atoms with Crippen LogP contribution in [0.15, 0.2) is 59.1 Å². The minimum Gasteiger partial charge on any atom is -0.457 e. The van der Waals surface area contributed by atoms with Crippen molar-refractivity contribution in [3.05, 3.63) is 64.7 Å². The lowest BCUT2D eigenvalue weighted by Gasteiger charge is -2.46. The van der Waals surface area contributed by atoms with E-state index in [1.165, 1.54) is 11.8 Å². The first kappa shape index (κ1) is 24.3. The van der Waals surface area contributed by atoms with Gasteiger partial charge in [-0.3, -0.25) is 9.69 Å². The number of aliphatic hydroxyl groups is 1. The summed E-state index contributed by atoms with van der Waals surface area (Å²) in [6.45, 7) is 2.75. The van der Waals surface area contributed by atoms with Crippen LogP contribution in [0, 0.1) is 12.8 Å². The highest BCUT2D eigenvalue weighted by Crippen LogP contribution is 2.48. The van der Waals surface area contributed by atoms with Gasteiger partial charge in [0, 0.05) is 17.3 Å². The van der Waals surface area contributed by atoms with Crippen molar-refractivity contribution in [2.24, 2.45) is 5.92 Å². The Morgan fingerprint density at radius 3 is 2.70 bits per heavy atom. The first-order chi connectivity index (χ1) is 18.0. The van der Waals surface area contributed by atoms with Gasteiger partial charge in [-0.25, -0.2) is 4.79 Å². The van der Waals surface area contributed by atoms with Crippen molar-refractivity contribution < 1.29 is 19.4 Å². The van der Waals surface area contributed by atoms with Gasteiger partial charge in [0.1, 0.15) is 11.5 Å². The number of benzene rings is 2. The van der Waals surface area contributed by atoms with E-state index in [2.05, 4.69) is 16.0 Å². The maximum Gasteiger partial charge on any atom is 0.326 e. The van der Waals surface area contributed by atoms with Gasteiger partial charge in [-0.1, -0.05) is 42.8 Å². The number of hydrogen-bond donors (Lipinski definition) is 4. The summed E-state index contributed by atoms with van der Waals surface area (Å²) in [5.41, 5.74) is 2.50. The normalized spacial score (nSPS) is 29.0. The number of aliphatic hydroxyl groups excluding tert-OH is 1. The second kappa shape index (κ2) is 10.0. The number of nitrogens with zero attached hydrogens (tertiary/aromatic N) is 1. The number of carbonyl (C=O) groups is 2. The third-order valence-electron chi connectivity index (χ3n) is 7.80. The summed E-state index contributed by atoms with van der Waals surface area (Å²) in [6.07, 6.45) is 3.73. The number of hydrogen-bond acceptors (Lipinski definition) is 6. The SMILES string of the molecule is Cc1cc(Oc2ccccc2)ccc1N1C(=O)NC2=C(C(=O)N[C@@H]3CCCC[C@@H]3O)SC3NCCC1C23. The van der Waals surface area contributed by atoms with Crippen LogP contribution in [0.4, 0.5) is 10.5 Å². The monoisotopic (exact) mass is 520 g/mol. The highest BCUT2D eigenvalue weighted by molar-refractivity contribution is 8.04. The average molecular weight is 521 g/mol. The predicted molar refractivity (Wildman–Crippen MR) is 143 cm³/mol. The summed E-state index contributed by atoms with van der Waals surface area (Å²) in [7, 11) is 0. The minimum absolute atomic E-state index is 0.00914. The highest BCUT2D eigenvalue weighted by Gasteiger charge is 2.52. The Morgan fingerprint density at radius 1 is 1.11 bits per heavy atom. The minimum atomic E-state index is -0.517. The Hall–Kier alpha value is -3.01. The van der Waals surface area contributed by atoms with E-state index in [1.54, 1.807) is 0 Å². The van der Waals surface area contributed by atoms with E-state index in [-0.39, 0.29) is 35.3 Å². The number of anilines is 1. The van der Waals surface area contributed by atoms with Gasteiger partial charge >= 0.3 is 6.03 Å². The molecule has 5 atom stereocenters. The number of carbonyl (C=O) groups excluding carboxylic acids is 2. The number of thioether (sulfide) groups is 1. The predicted octanol–water partition coefficient (Wildman–Crippen LogP) is 4.00. The lowest BCUT2D eigenvalue weighted by Crippen LogP contribution is -2.62. The molecule has 2 aromatic carbocycles. The largest absolute Gasteiger partial charge is 0.457 e. The molecule has 37 heavy (non-hydrogen) atoms. The molecular weight excluding hydrogens is 488 g/mol. The Morgan fingerprint density at radius 2 is 1.92 bits per heavy atom. The second-order valence-corrected chi connectivity index (χ2v) is 11.4. The van der Waals surface area contributed by atoms with E-state index >= 15 is 0 Å². The molecule has 0 bridgehead atoms. The van der Waals surface area contributed by atoms with E-state index in [1.807, 2.05) is 60.4 Å². The Kier molecular flexibility index (Phi) is 6.60. The van der Waals surface area contributed by atoms with Gasteiger partial charge in [0.05, 0.1) is 28.5 Å². The van der Waals surface area contributed by atoms with Crippen molar-refractivity contribution in [1.29, 1.82) is 0 Å². The Labute approximate surface area is 220 Å². The van der Waals surface area contributed by atoms with Crippen LogP contribution >= 0.6 is 11.8 Å². The Balaban J connectivity index is 1.25. The topological polar surface area (TPSA) is 103 Å². The molecule has 9 heteroatoms. The molecule has 6 rings (SSSR count). The fourth-order valence-electron chi connectivity index (χ4n) is 6.00. The molecule has 3 unspecified atom stereocenters. The molecule has 1 saturated carbocycles.